The minimum absolute atomic E-state index is 0.00652. The van der Waals surface area contributed by atoms with Gasteiger partial charge in [0.1, 0.15) is 6.04 Å². The summed E-state index contributed by atoms with van der Waals surface area (Å²) in [6.45, 7) is 2.88. The van der Waals surface area contributed by atoms with Crippen molar-refractivity contribution in [1.82, 2.24) is 10.2 Å². The highest BCUT2D eigenvalue weighted by molar-refractivity contribution is 5.86. The maximum atomic E-state index is 12.5. The van der Waals surface area contributed by atoms with Crippen molar-refractivity contribution in [3.05, 3.63) is 35.9 Å². The highest BCUT2D eigenvalue weighted by Crippen LogP contribution is 2.18. The third-order valence-electron chi connectivity index (χ3n) is 4.53. The van der Waals surface area contributed by atoms with Gasteiger partial charge in [-0.1, -0.05) is 43.7 Å². The molecule has 2 N–H and O–H groups in total. The van der Waals surface area contributed by atoms with E-state index in [0.717, 1.165) is 12.0 Å². The van der Waals surface area contributed by atoms with Crippen molar-refractivity contribution in [3.63, 3.8) is 0 Å². The fourth-order valence-electron chi connectivity index (χ4n) is 3.14. The Bertz CT molecular complexity index is 603. The number of hydrogen-bond acceptors (Lipinski definition) is 3. The molecule has 1 aliphatic rings. The molecule has 2 atom stereocenters. The van der Waals surface area contributed by atoms with Gasteiger partial charge in [0.05, 0.1) is 12.3 Å². The third-order valence-corrected chi connectivity index (χ3v) is 4.53. The summed E-state index contributed by atoms with van der Waals surface area (Å²) in [4.78, 5) is 37.8. The van der Waals surface area contributed by atoms with E-state index in [4.69, 9.17) is 0 Å². The van der Waals surface area contributed by atoms with Gasteiger partial charge in [0.2, 0.25) is 11.8 Å². The normalized spacial score (nSPS) is 18.4. The van der Waals surface area contributed by atoms with Crippen molar-refractivity contribution in [2.45, 2.75) is 45.1 Å². The number of amides is 2. The molecule has 2 rings (SSSR count). The number of carboxylic acid groups (broad SMARTS) is 1. The van der Waals surface area contributed by atoms with Gasteiger partial charge >= 0.3 is 5.97 Å². The average molecular weight is 346 g/mol. The fraction of sp³-hybridized carbons (Fsp3) is 0.526. The van der Waals surface area contributed by atoms with E-state index < -0.39 is 12.0 Å². The Labute approximate surface area is 148 Å². The highest BCUT2D eigenvalue weighted by atomic mass is 16.4. The SMILES string of the molecule is CCCC(NC(=O)C1CCCN(C(=O)Cc2ccccc2)C1)C(=O)O. The molecule has 1 aromatic carbocycles. The number of benzene rings is 1. The van der Waals surface area contributed by atoms with E-state index >= 15 is 0 Å². The summed E-state index contributed by atoms with van der Waals surface area (Å²) in [5, 5.41) is 11.8. The minimum Gasteiger partial charge on any atom is -0.480 e. The molecule has 1 saturated heterocycles. The first kappa shape index (κ1) is 19.0. The minimum atomic E-state index is -1.01. The smallest absolute Gasteiger partial charge is 0.326 e. The molecule has 2 unspecified atom stereocenters. The second kappa shape index (κ2) is 9.20. The molecule has 1 aromatic rings. The zero-order valence-corrected chi connectivity index (χ0v) is 14.6. The molecule has 1 heterocycles. The monoisotopic (exact) mass is 346 g/mol. The molecular formula is C19H26N2O4. The number of nitrogens with zero attached hydrogens (tertiary/aromatic N) is 1. The lowest BCUT2D eigenvalue weighted by atomic mass is 9.96. The molecule has 1 fully saturated rings. The van der Waals surface area contributed by atoms with Crippen LogP contribution in [0.4, 0.5) is 0 Å². The largest absolute Gasteiger partial charge is 0.480 e. The van der Waals surface area contributed by atoms with Crippen LogP contribution < -0.4 is 5.32 Å². The zero-order valence-electron chi connectivity index (χ0n) is 14.6. The second-order valence-electron chi connectivity index (χ2n) is 6.53. The quantitative estimate of drug-likeness (QED) is 0.789. The molecule has 25 heavy (non-hydrogen) atoms. The van der Waals surface area contributed by atoms with Crippen LogP contribution in [0.3, 0.4) is 0 Å². The van der Waals surface area contributed by atoms with Gasteiger partial charge in [0, 0.05) is 13.1 Å². The highest BCUT2D eigenvalue weighted by Gasteiger charge is 2.30. The summed E-state index contributed by atoms with van der Waals surface area (Å²) in [6.07, 6.45) is 2.85. The number of piperidine rings is 1. The number of rotatable bonds is 7. The number of likely N-dealkylation sites (tertiary alicyclic amines) is 1. The van der Waals surface area contributed by atoms with Crippen LogP contribution in [0.2, 0.25) is 0 Å². The first-order valence-corrected chi connectivity index (χ1v) is 8.86. The van der Waals surface area contributed by atoms with Crippen LogP contribution in [0.15, 0.2) is 30.3 Å². The van der Waals surface area contributed by atoms with Crippen LogP contribution in [-0.4, -0.2) is 46.9 Å². The number of carbonyl (C=O) groups is 3. The molecule has 0 radical (unpaired) electrons. The Balaban J connectivity index is 1.92. The van der Waals surface area contributed by atoms with E-state index in [9.17, 15) is 19.5 Å². The summed E-state index contributed by atoms with van der Waals surface area (Å²) >= 11 is 0. The number of aliphatic carboxylic acids is 1. The molecule has 0 saturated carbocycles. The third kappa shape index (κ3) is 5.59. The number of carboxylic acids is 1. The van der Waals surface area contributed by atoms with Crippen molar-refractivity contribution in [2.24, 2.45) is 5.92 Å². The molecule has 2 amide bonds. The van der Waals surface area contributed by atoms with Gasteiger partial charge in [-0.05, 0) is 24.8 Å². The molecule has 0 spiro atoms. The maximum Gasteiger partial charge on any atom is 0.326 e. The Kier molecular flexibility index (Phi) is 6.98. The Hall–Kier alpha value is -2.37. The molecular weight excluding hydrogens is 320 g/mol. The summed E-state index contributed by atoms with van der Waals surface area (Å²) in [5.41, 5.74) is 0.952. The van der Waals surface area contributed by atoms with Crippen molar-refractivity contribution >= 4 is 17.8 Å². The van der Waals surface area contributed by atoms with E-state index in [1.165, 1.54) is 0 Å². The predicted octanol–water partition coefficient (Wildman–Crippen LogP) is 1.84. The van der Waals surface area contributed by atoms with Gasteiger partial charge in [-0.25, -0.2) is 4.79 Å². The molecule has 1 aliphatic heterocycles. The standard InChI is InChI=1S/C19H26N2O4/c1-2-7-16(19(24)25)20-18(23)15-10-6-11-21(13-15)17(22)12-14-8-4-3-5-9-14/h3-5,8-9,15-16H,2,6-7,10-13H2,1H3,(H,20,23)(H,24,25). The topological polar surface area (TPSA) is 86.7 Å². The van der Waals surface area contributed by atoms with E-state index in [1.807, 2.05) is 37.3 Å². The molecule has 136 valence electrons. The van der Waals surface area contributed by atoms with Crippen molar-refractivity contribution in [1.29, 1.82) is 0 Å². The average Bonchev–Trinajstić information content (AvgIpc) is 2.62. The van der Waals surface area contributed by atoms with Crippen molar-refractivity contribution < 1.29 is 19.5 Å². The maximum absolute atomic E-state index is 12.5. The van der Waals surface area contributed by atoms with Crippen LogP contribution in [0.25, 0.3) is 0 Å². The lowest BCUT2D eigenvalue weighted by molar-refractivity contribution is -0.144. The van der Waals surface area contributed by atoms with Crippen LogP contribution in [-0.2, 0) is 20.8 Å². The van der Waals surface area contributed by atoms with Gasteiger partial charge in [-0.3, -0.25) is 9.59 Å². The van der Waals surface area contributed by atoms with E-state index in [0.29, 0.717) is 38.8 Å². The first-order valence-electron chi connectivity index (χ1n) is 8.86. The molecule has 6 heteroatoms. The van der Waals surface area contributed by atoms with Gasteiger partial charge in [0.25, 0.3) is 0 Å². The molecule has 0 aromatic heterocycles. The Morgan fingerprint density at radius 1 is 1.28 bits per heavy atom. The van der Waals surface area contributed by atoms with E-state index in [-0.39, 0.29) is 17.7 Å². The summed E-state index contributed by atoms with van der Waals surface area (Å²) in [7, 11) is 0. The van der Waals surface area contributed by atoms with E-state index in [2.05, 4.69) is 5.32 Å². The second-order valence-corrected chi connectivity index (χ2v) is 6.53. The first-order chi connectivity index (χ1) is 12.0. The number of hydrogen-bond donors (Lipinski definition) is 2. The Morgan fingerprint density at radius 3 is 2.64 bits per heavy atom. The summed E-state index contributed by atoms with van der Waals surface area (Å²) < 4.78 is 0. The molecule has 6 nitrogen and oxygen atoms in total. The lowest BCUT2D eigenvalue weighted by Crippen LogP contribution is -2.49. The lowest BCUT2D eigenvalue weighted by Gasteiger charge is -2.32. The van der Waals surface area contributed by atoms with Crippen molar-refractivity contribution in [3.8, 4) is 0 Å². The Morgan fingerprint density at radius 2 is 2.00 bits per heavy atom. The van der Waals surface area contributed by atoms with Crippen LogP contribution >= 0.6 is 0 Å². The molecule has 0 aliphatic carbocycles. The predicted molar refractivity (Wildman–Crippen MR) is 93.9 cm³/mol. The zero-order chi connectivity index (χ0) is 18.2. The summed E-state index contributed by atoms with van der Waals surface area (Å²) in [5.74, 6) is -1.61. The van der Waals surface area contributed by atoms with E-state index in [1.54, 1.807) is 4.90 Å². The van der Waals surface area contributed by atoms with Crippen molar-refractivity contribution in [2.75, 3.05) is 13.1 Å². The van der Waals surface area contributed by atoms with Crippen LogP contribution in [0.5, 0.6) is 0 Å². The number of carbonyl (C=O) groups excluding carboxylic acids is 2. The fourth-order valence-corrected chi connectivity index (χ4v) is 3.14. The van der Waals surface area contributed by atoms with Gasteiger partial charge in [-0.15, -0.1) is 0 Å². The number of nitrogens with one attached hydrogen (secondary N) is 1. The molecule has 0 bridgehead atoms. The van der Waals surface area contributed by atoms with Crippen LogP contribution in [0.1, 0.15) is 38.2 Å². The van der Waals surface area contributed by atoms with Crippen LogP contribution in [0, 0.1) is 5.92 Å². The van der Waals surface area contributed by atoms with Gasteiger partial charge in [0.15, 0.2) is 0 Å². The van der Waals surface area contributed by atoms with Gasteiger partial charge < -0.3 is 15.3 Å². The van der Waals surface area contributed by atoms with Gasteiger partial charge in [-0.2, -0.15) is 0 Å². The summed E-state index contributed by atoms with van der Waals surface area (Å²) in [6, 6.07) is 8.67.